The maximum atomic E-state index is 6.01. The second-order valence-corrected chi connectivity index (χ2v) is 6.81. The van der Waals surface area contributed by atoms with Gasteiger partial charge < -0.3 is 10.1 Å². The number of nitrogens with zero attached hydrogens (tertiary/aromatic N) is 2. The van der Waals surface area contributed by atoms with Crippen LogP contribution in [0, 0.1) is 0 Å². The molecule has 4 aliphatic rings. The Labute approximate surface area is 119 Å². The van der Waals surface area contributed by atoms with Gasteiger partial charge in [0.2, 0.25) is 0 Å². The first kappa shape index (κ1) is 11.6. The smallest absolute Gasteiger partial charge is 0.134 e. The van der Waals surface area contributed by atoms with Crippen LogP contribution in [0.3, 0.4) is 0 Å². The minimum atomic E-state index is 0.395. The molecule has 0 amide bonds. The molecule has 3 aliphatic heterocycles. The van der Waals surface area contributed by atoms with Crippen molar-refractivity contribution in [2.24, 2.45) is 0 Å². The van der Waals surface area contributed by atoms with Crippen molar-refractivity contribution in [1.29, 1.82) is 0 Å². The standard InChI is InChI=1S/C16H21N3O/c1-2-9(1)15-12-8-17-6-5-13(12)18-16(19-15)11-7-10-3-4-14(11)20-10/h9-11,14,17H,1-8H2. The summed E-state index contributed by atoms with van der Waals surface area (Å²) in [6.07, 6.45) is 8.16. The molecule has 1 aliphatic carbocycles. The molecule has 0 aromatic carbocycles. The van der Waals surface area contributed by atoms with Gasteiger partial charge in [0.1, 0.15) is 5.82 Å². The largest absolute Gasteiger partial charge is 0.374 e. The molecule has 0 spiro atoms. The van der Waals surface area contributed by atoms with E-state index < -0.39 is 0 Å². The highest BCUT2D eigenvalue weighted by atomic mass is 16.5. The van der Waals surface area contributed by atoms with E-state index in [1.54, 1.807) is 0 Å². The highest BCUT2D eigenvalue weighted by Crippen LogP contribution is 2.46. The van der Waals surface area contributed by atoms with E-state index >= 15 is 0 Å². The summed E-state index contributed by atoms with van der Waals surface area (Å²) in [5.74, 6) is 2.27. The Bertz CT molecular complexity index is 555. The molecule has 5 rings (SSSR count). The van der Waals surface area contributed by atoms with Crippen LogP contribution >= 0.6 is 0 Å². The summed E-state index contributed by atoms with van der Waals surface area (Å²) in [6, 6.07) is 0. The molecule has 3 atom stereocenters. The van der Waals surface area contributed by atoms with E-state index in [2.05, 4.69) is 5.32 Å². The highest BCUT2D eigenvalue weighted by Gasteiger charge is 2.43. The Balaban J connectivity index is 1.57. The average molecular weight is 271 g/mol. The van der Waals surface area contributed by atoms with Gasteiger partial charge in [-0.3, -0.25) is 0 Å². The van der Waals surface area contributed by atoms with Gasteiger partial charge in [0.15, 0.2) is 0 Å². The van der Waals surface area contributed by atoms with Crippen molar-refractivity contribution < 1.29 is 4.74 Å². The molecule has 3 fully saturated rings. The van der Waals surface area contributed by atoms with Crippen LogP contribution < -0.4 is 5.32 Å². The molecule has 106 valence electrons. The van der Waals surface area contributed by atoms with Crippen molar-refractivity contribution in [1.82, 2.24) is 15.3 Å². The number of hydrogen-bond donors (Lipinski definition) is 1. The summed E-state index contributed by atoms with van der Waals surface area (Å²) in [6.45, 7) is 2.02. The van der Waals surface area contributed by atoms with Crippen molar-refractivity contribution in [2.45, 2.75) is 69.1 Å². The first-order valence-corrected chi connectivity index (χ1v) is 8.14. The number of rotatable bonds is 2. The van der Waals surface area contributed by atoms with Gasteiger partial charge in [-0.15, -0.1) is 0 Å². The lowest BCUT2D eigenvalue weighted by atomic mass is 9.88. The number of ether oxygens (including phenoxy) is 1. The van der Waals surface area contributed by atoms with Gasteiger partial charge in [-0.05, 0) is 32.1 Å². The Morgan fingerprint density at radius 3 is 2.80 bits per heavy atom. The third-order valence-electron chi connectivity index (χ3n) is 5.38. The number of hydrogen-bond acceptors (Lipinski definition) is 4. The average Bonchev–Trinajstić information content (AvgIpc) is 3.12. The fourth-order valence-corrected chi connectivity index (χ4v) is 4.16. The van der Waals surface area contributed by atoms with E-state index in [0.29, 0.717) is 24.0 Å². The number of nitrogens with one attached hydrogen (secondary N) is 1. The minimum Gasteiger partial charge on any atom is -0.374 e. The van der Waals surface area contributed by atoms with Gasteiger partial charge in [-0.25, -0.2) is 9.97 Å². The summed E-state index contributed by atoms with van der Waals surface area (Å²) < 4.78 is 6.01. The molecule has 1 saturated carbocycles. The summed E-state index contributed by atoms with van der Waals surface area (Å²) in [5, 5.41) is 3.48. The Morgan fingerprint density at radius 1 is 1.10 bits per heavy atom. The maximum Gasteiger partial charge on any atom is 0.134 e. The normalized spacial score (nSPS) is 35.3. The van der Waals surface area contributed by atoms with Crippen molar-refractivity contribution in [3.8, 4) is 0 Å². The second-order valence-electron chi connectivity index (χ2n) is 6.81. The lowest BCUT2D eigenvalue weighted by Gasteiger charge is -2.23. The predicted octanol–water partition coefficient (Wildman–Crippen LogP) is 2.03. The van der Waals surface area contributed by atoms with Gasteiger partial charge in [0.25, 0.3) is 0 Å². The first-order chi connectivity index (χ1) is 9.88. The molecule has 1 aromatic rings. The molecule has 4 nitrogen and oxygen atoms in total. The summed E-state index contributed by atoms with van der Waals surface area (Å²) in [7, 11) is 0. The Morgan fingerprint density at radius 2 is 2.05 bits per heavy atom. The van der Waals surface area contributed by atoms with Crippen molar-refractivity contribution in [3.05, 3.63) is 22.8 Å². The molecule has 1 aromatic heterocycles. The zero-order valence-electron chi connectivity index (χ0n) is 11.8. The van der Waals surface area contributed by atoms with Crippen LogP contribution in [0.4, 0.5) is 0 Å². The molecule has 4 heteroatoms. The molecule has 0 radical (unpaired) electrons. The minimum absolute atomic E-state index is 0.395. The number of aromatic nitrogens is 2. The van der Waals surface area contributed by atoms with Crippen molar-refractivity contribution in [2.75, 3.05) is 6.54 Å². The predicted molar refractivity (Wildman–Crippen MR) is 74.7 cm³/mol. The first-order valence-electron chi connectivity index (χ1n) is 8.14. The van der Waals surface area contributed by atoms with Gasteiger partial charge in [-0.1, -0.05) is 0 Å². The summed E-state index contributed by atoms with van der Waals surface area (Å²) in [5.41, 5.74) is 4.09. The van der Waals surface area contributed by atoms with E-state index in [9.17, 15) is 0 Å². The zero-order chi connectivity index (χ0) is 13.1. The Kier molecular flexibility index (Phi) is 2.47. The van der Waals surface area contributed by atoms with Crippen LogP contribution in [0.15, 0.2) is 0 Å². The number of fused-ring (bicyclic) bond motifs is 3. The van der Waals surface area contributed by atoms with E-state index in [0.717, 1.165) is 31.8 Å². The van der Waals surface area contributed by atoms with Gasteiger partial charge in [-0.2, -0.15) is 0 Å². The third-order valence-corrected chi connectivity index (χ3v) is 5.38. The van der Waals surface area contributed by atoms with E-state index in [1.807, 2.05) is 0 Å². The van der Waals surface area contributed by atoms with Gasteiger partial charge in [0, 0.05) is 36.9 Å². The molecule has 2 bridgehead atoms. The monoisotopic (exact) mass is 271 g/mol. The van der Waals surface area contributed by atoms with Crippen LogP contribution in [0.25, 0.3) is 0 Å². The van der Waals surface area contributed by atoms with E-state index in [-0.39, 0.29) is 0 Å². The highest BCUT2D eigenvalue weighted by molar-refractivity contribution is 5.34. The van der Waals surface area contributed by atoms with Crippen LogP contribution in [0.2, 0.25) is 0 Å². The zero-order valence-corrected chi connectivity index (χ0v) is 11.8. The van der Waals surface area contributed by atoms with Crippen LogP contribution in [-0.2, 0) is 17.7 Å². The van der Waals surface area contributed by atoms with E-state index in [4.69, 9.17) is 14.7 Å². The lowest BCUT2D eigenvalue weighted by molar-refractivity contribution is 0.0998. The maximum absolute atomic E-state index is 6.01. The van der Waals surface area contributed by atoms with Crippen LogP contribution in [0.5, 0.6) is 0 Å². The molecule has 20 heavy (non-hydrogen) atoms. The van der Waals surface area contributed by atoms with Gasteiger partial charge in [0.05, 0.1) is 23.6 Å². The quantitative estimate of drug-likeness (QED) is 0.894. The molecule has 3 unspecified atom stereocenters. The molecular formula is C16H21N3O. The molecular weight excluding hydrogens is 250 g/mol. The SMILES string of the molecule is C1Cc2nc(C3CC4CCC3O4)nc(C3CC3)c2CN1. The topological polar surface area (TPSA) is 47.0 Å². The molecule has 2 saturated heterocycles. The lowest BCUT2D eigenvalue weighted by Crippen LogP contribution is -2.28. The fraction of sp³-hybridized carbons (Fsp3) is 0.750. The molecule has 4 heterocycles. The fourth-order valence-electron chi connectivity index (χ4n) is 4.16. The second kappa shape index (κ2) is 4.25. The van der Waals surface area contributed by atoms with Gasteiger partial charge >= 0.3 is 0 Å². The van der Waals surface area contributed by atoms with Crippen molar-refractivity contribution in [3.63, 3.8) is 0 Å². The third kappa shape index (κ3) is 1.74. The van der Waals surface area contributed by atoms with Crippen LogP contribution in [0.1, 0.15) is 66.7 Å². The molecule has 1 N–H and O–H groups in total. The van der Waals surface area contributed by atoms with Crippen LogP contribution in [-0.4, -0.2) is 28.7 Å². The summed E-state index contributed by atoms with van der Waals surface area (Å²) in [4.78, 5) is 9.97. The Hall–Kier alpha value is -1.00. The summed E-state index contributed by atoms with van der Waals surface area (Å²) >= 11 is 0. The van der Waals surface area contributed by atoms with Crippen molar-refractivity contribution >= 4 is 0 Å². The van der Waals surface area contributed by atoms with E-state index in [1.165, 1.54) is 42.6 Å².